The summed E-state index contributed by atoms with van der Waals surface area (Å²) in [6, 6.07) is 17.7. The molecule has 0 spiro atoms. The molecule has 3 aromatic carbocycles. The maximum Gasteiger partial charge on any atom is 0.338 e. The smallest absolute Gasteiger partial charge is 0.338 e. The molecule has 0 radical (unpaired) electrons. The van der Waals surface area contributed by atoms with E-state index in [2.05, 4.69) is 10.0 Å². The number of hydrogen-bond acceptors (Lipinski definition) is 5. The van der Waals surface area contributed by atoms with Gasteiger partial charge in [-0.25, -0.2) is 13.2 Å². The van der Waals surface area contributed by atoms with Gasteiger partial charge >= 0.3 is 5.97 Å². The minimum atomic E-state index is -3.80. The van der Waals surface area contributed by atoms with Crippen LogP contribution in [0.3, 0.4) is 0 Å². The predicted molar refractivity (Wildman–Crippen MR) is 133 cm³/mol. The topological polar surface area (TPSA) is 102 Å². The van der Waals surface area contributed by atoms with E-state index in [0.717, 1.165) is 18.4 Å². The zero-order valence-corrected chi connectivity index (χ0v) is 20.2. The molecule has 3 aromatic rings. The number of ether oxygens (including phenoxy) is 1. The molecule has 0 aliphatic rings. The second-order valence-electron chi connectivity index (χ2n) is 7.97. The quantitative estimate of drug-likeness (QED) is 0.319. The predicted octanol–water partition coefficient (Wildman–Crippen LogP) is 5.31. The van der Waals surface area contributed by atoms with Gasteiger partial charge in [-0.2, -0.15) is 0 Å². The molecule has 34 heavy (non-hydrogen) atoms. The number of esters is 1. The van der Waals surface area contributed by atoms with E-state index in [1.807, 2.05) is 13.8 Å². The minimum absolute atomic E-state index is 0.140. The van der Waals surface area contributed by atoms with Crippen LogP contribution >= 0.6 is 0 Å². The Labute approximate surface area is 200 Å². The van der Waals surface area contributed by atoms with Crippen molar-refractivity contribution in [2.75, 3.05) is 16.6 Å². The summed E-state index contributed by atoms with van der Waals surface area (Å²) in [5.41, 5.74) is 3.14. The highest BCUT2D eigenvalue weighted by atomic mass is 32.2. The summed E-state index contributed by atoms with van der Waals surface area (Å²) in [7, 11) is -3.80. The molecular weight excluding hydrogens is 452 g/mol. The average molecular weight is 481 g/mol. The molecule has 1 amide bonds. The van der Waals surface area contributed by atoms with Gasteiger partial charge < -0.3 is 10.1 Å². The fraction of sp³-hybridized carbons (Fsp3) is 0.231. The lowest BCUT2D eigenvalue weighted by Crippen LogP contribution is -2.16. The van der Waals surface area contributed by atoms with Crippen molar-refractivity contribution in [2.45, 2.75) is 38.5 Å². The number of hydrogen-bond donors (Lipinski definition) is 2. The van der Waals surface area contributed by atoms with Gasteiger partial charge in [-0.15, -0.1) is 0 Å². The lowest BCUT2D eigenvalue weighted by Gasteiger charge is -2.13. The molecule has 0 atom stereocenters. The van der Waals surface area contributed by atoms with E-state index in [1.54, 1.807) is 55.5 Å². The van der Waals surface area contributed by atoms with Gasteiger partial charge in [0.2, 0.25) is 0 Å². The molecule has 0 aliphatic carbocycles. The summed E-state index contributed by atoms with van der Waals surface area (Å²) in [5.74, 6) is -0.815. The van der Waals surface area contributed by atoms with Gasteiger partial charge in [0.15, 0.2) is 0 Å². The zero-order chi connectivity index (χ0) is 24.7. The van der Waals surface area contributed by atoms with Gasteiger partial charge in [0.05, 0.1) is 22.8 Å². The lowest BCUT2D eigenvalue weighted by molar-refractivity contribution is 0.0499. The van der Waals surface area contributed by atoms with Crippen molar-refractivity contribution in [1.29, 1.82) is 0 Å². The van der Waals surface area contributed by atoms with Crippen LogP contribution in [0.5, 0.6) is 0 Å². The SMILES string of the molecule is CCCCOC(=O)c1ccc(NC(=O)c2ccc(C)c(NS(=O)(=O)c3ccc(C)cc3)c2)cc1. The van der Waals surface area contributed by atoms with Crippen molar-refractivity contribution in [3.8, 4) is 0 Å². The number of rotatable bonds is 9. The monoisotopic (exact) mass is 480 g/mol. The number of benzene rings is 3. The Hall–Kier alpha value is -3.65. The van der Waals surface area contributed by atoms with Crippen LogP contribution in [0.1, 0.15) is 51.6 Å². The van der Waals surface area contributed by atoms with E-state index >= 15 is 0 Å². The number of unbranched alkanes of at least 4 members (excludes halogenated alkanes) is 1. The molecule has 0 heterocycles. The summed E-state index contributed by atoms with van der Waals surface area (Å²) in [6.07, 6.45) is 1.74. The van der Waals surface area contributed by atoms with Crippen molar-refractivity contribution in [1.82, 2.24) is 0 Å². The van der Waals surface area contributed by atoms with Crippen LogP contribution in [0.15, 0.2) is 71.6 Å². The van der Waals surface area contributed by atoms with E-state index < -0.39 is 21.9 Å². The number of anilines is 2. The van der Waals surface area contributed by atoms with Gasteiger partial charge in [0.25, 0.3) is 15.9 Å². The first kappa shape index (κ1) is 25.0. The molecule has 2 N–H and O–H groups in total. The van der Waals surface area contributed by atoms with E-state index in [4.69, 9.17) is 4.74 Å². The Balaban J connectivity index is 1.71. The number of aryl methyl sites for hydroxylation is 2. The highest BCUT2D eigenvalue weighted by molar-refractivity contribution is 7.92. The average Bonchev–Trinajstić information content (AvgIpc) is 2.81. The van der Waals surface area contributed by atoms with Crippen molar-refractivity contribution in [3.63, 3.8) is 0 Å². The number of amides is 1. The highest BCUT2D eigenvalue weighted by Crippen LogP contribution is 2.22. The van der Waals surface area contributed by atoms with Gasteiger partial charge in [-0.3, -0.25) is 9.52 Å². The molecule has 0 fully saturated rings. The maximum atomic E-state index is 12.8. The summed E-state index contributed by atoms with van der Waals surface area (Å²) >= 11 is 0. The number of carbonyl (C=O) groups excluding carboxylic acids is 2. The van der Waals surface area contributed by atoms with Crippen molar-refractivity contribution < 1.29 is 22.7 Å². The van der Waals surface area contributed by atoms with Gasteiger partial charge in [0, 0.05) is 11.3 Å². The van der Waals surface area contributed by atoms with Crippen LogP contribution in [-0.2, 0) is 14.8 Å². The Bertz CT molecular complexity index is 1270. The fourth-order valence-electron chi connectivity index (χ4n) is 3.08. The van der Waals surface area contributed by atoms with Crippen LogP contribution in [0.4, 0.5) is 11.4 Å². The number of carbonyl (C=O) groups is 2. The fourth-order valence-corrected chi connectivity index (χ4v) is 4.20. The standard InChI is InChI=1S/C26H28N2O5S/c1-4-5-16-33-26(30)20-10-12-22(13-11-20)27-25(29)21-9-8-19(3)24(17-21)28-34(31,32)23-14-6-18(2)7-15-23/h6-15,17,28H,4-5,16H2,1-3H3,(H,27,29). The summed E-state index contributed by atoms with van der Waals surface area (Å²) < 4.78 is 33.3. The summed E-state index contributed by atoms with van der Waals surface area (Å²) in [4.78, 5) is 24.9. The number of sulfonamides is 1. The molecule has 0 saturated carbocycles. The second-order valence-corrected chi connectivity index (χ2v) is 9.65. The van der Waals surface area contributed by atoms with Crippen molar-refractivity contribution in [2.24, 2.45) is 0 Å². The molecule has 0 unspecified atom stereocenters. The molecule has 0 aromatic heterocycles. The van der Waals surface area contributed by atoms with Crippen molar-refractivity contribution in [3.05, 3.63) is 89.0 Å². The van der Waals surface area contributed by atoms with Gasteiger partial charge in [-0.1, -0.05) is 37.1 Å². The Morgan fingerprint density at radius 2 is 1.53 bits per heavy atom. The Morgan fingerprint density at radius 3 is 2.18 bits per heavy atom. The first-order valence-electron chi connectivity index (χ1n) is 11.0. The molecule has 8 heteroatoms. The molecule has 0 aliphatic heterocycles. The van der Waals surface area contributed by atoms with Crippen LogP contribution in [0.25, 0.3) is 0 Å². The van der Waals surface area contributed by atoms with E-state index in [-0.39, 0.29) is 10.5 Å². The Kier molecular flexibility index (Phi) is 8.07. The van der Waals surface area contributed by atoms with E-state index in [0.29, 0.717) is 29.1 Å². The third-order valence-electron chi connectivity index (χ3n) is 5.18. The molecule has 7 nitrogen and oxygen atoms in total. The summed E-state index contributed by atoms with van der Waals surface area (Å²) in [5, 5.41) is 2.76. The molecule has 0 saturated heterocycles. The molecule has 0 bridgehead atoms. The van der Waals surface area contributed by atoms with Crippen LogP contribution in [0.2, 0.25) is 0 Å². The maximum absolute atomic E-state index is 12.8. The third-order valence-corrected chi connectivity index (χ3v) is 6.57. The normalized spacial score (nSPS) is 11.0. The Morgan fingerprint density at radius 1 is 0.882 bits per heavy atom. The van der Waals surface area contributed by atoms with Crippen LogP contribution < -0.4 is 10.0 Å². The van der Waals surface area contributed by atoms with Crippen LogP contribution in [0, 0.1) is 13.8 Å². The van der Waals surface area contributed by atoms with Crippen LogP contribution in [-0.4, -0.2) is 26.9 Å². The minimum Gasteiger partial charge on any atom is -0.462 e. The van der Waals surface area contributed by atoms with E-state index in [1.165, 1.54) is 18.2 Å². The zero-order valence-electron chi connectivity index (χ0n) is 19.4. The second kappa shape index (κ2) is 11.0. The molecular formula is C26H28N2O5S. The first-order valence-corrected chi connectivity index (χ1v) is 12.5. The lowest BCUT2D eigenvalue weighted by atomic mass is 10.1. The van der Waals surface area contributed by atoms with Gasteiger partial charge in [-0.05, 0) is 74.4 Å². The van der Waals surface area contributed by atoms with Gasteiger partial charge in [0.1, 0.15) is 0 Å². The molecule has 178 valence electrons. The first-order chi connectivity index (χ1) is 16.2. The third kappa shape index (κ3) is 6.45. The molecule has 3 rings (SSSR count). The highest BCUT2D eigenvalue weighted by Gasteiger charge is 2.17. The van der Waals surface area contributed by atoms with Crippen molar-refractivity contribution >= 4 is 33.3 Å². The summed E-state index contributed by atoms with van der Waals surface area (Å²) in [6.45, 7) is 6.02. The largest absolute Gasteiger partial charge is 0.462 e. The van der Waals surface area contributed by atoms with E-state index in [9.17, 15) is 18.0 Å². The number of nitrogens with one attached hydrogen (secondary N) is 2.